The van der Waals surface area contributed by atoms with Crippen LogP contribution in [-0.4, -0.2) is 52.8 Å². The molecule has 2 aliphatic rings. The second kappa shape index (κ2) is 8.16. The van der Waals surface area contributed by atoms with Gasteiger partial charge in [-0.2, -0.15) is 9.78 Å². The van der Waals surface area contributed by atoms with Crippen molar-refractivity contribution in [3.05, 3.63) is 47.2 Å². The molecule has 29 heavy (non-hydrogen) atoms. The molecular weight excluding hydrogens is 390 g/mol. The third-order valence-corrected chi connectivity index (χ3v) is 6.55. The standard InChI is InChI=1S/C21H26ClN5O2/c1-14(28)25(2)19-10-24-27(13-19)21(29)26-11-16-7-18(8-17(16)12-26)23-9-15-5-3-4-6-20(15)22/h3-6,10,13,16-18,23H,7-9,11-12H2,1-2H3/t16-,17?,18?/m0/s1. The van der Waals surface area contributed by atoms with Crippen LogP contribution in [0.4, 0.5) is 10.5 Å². The normalized spacial score (nSPS) is 23.3. The zero-order chi connectivity index (χ0) is 20.5. The second-order valence-electron chi connectivity index (χ2n) is 8.07. The molecule has 2 amide bonds. The molecule has 2 unspecified atom stereocenters. The Bertz CT molecular complexity index is 900. The Morgan fingerprint density at radius 1 is 1.24 bits per heavy atom. The van der Waals surface area contributed by atoms with Crippen LogP contribution in [0.3, 0.4) is 0 Å². The SMILES string of the molecule is CC(=O)N(C)c1cnn(C(=O)N2CC3CC(NCc4ccccc4Cl)C[C@H]3C2)c1. The number of nitrogens with zero attached hydrogens (tertiary/aromatic N) is 4. The van der Waals surface area contributed by atoms with E-state index in [0.717, 1.165) is 43.1 Å². The molecule has 1 saturated heterocycles. The predicted molar refractivity (Wildman–Crippen MR) is 112 cm³/mol. The lowest BCUT2D eigenvalue weighted by Gasteiger charge is -2.20. The third kappa shape index (κ3) is 4.16. The number of anilines is 1. The molecule has 2 fully saturated rings. The Morgan fingerprint density at radius 3 is 2.59 bits per heavy atom. The smallest absolute Gasteiger partial charge is 0.322 e. The topological polar surface area (TPSA) is 70.5 Å². The van der Waals surface area contributed by atoms with E-state index in [-0.39, 0.29) is 11.9 Å². The van der Waals surface area contributed by atoms with Gasteiger partial charge in [0.05, 0.1) is 18.1 Å². The number of amides is 2. The summed E-state index contributed by atoms with van der Waals surface area (Å²) in [5.74, 6) is 0.929. The molecule has 2 heterocycles. The Morgan fingerprint density at radius 2 is 1.93 bits per heavy atom. The van der Waals surface area contributed by atoms with Crippen molar-refractivity contribution in [1.29, 1.82) is 0 Å². The first-order valence-electron chi connectivity index (χ1n) is 9.97. The number of benzene rings is 1. The molecule has 1 aromatic carbocycles. The summed E-state index contributed by atoms with van der Waals surface area (Å²) >= 11 is 6.24. The lowest BCUT2D eigenvalue weighted by Crippen LogP contribution is -2.35. The number of halogens is 1. The van der Waals surface area contributed by atoms with Crippen LogP contribution in [0.2, 0.25) is 5.02 Å². The first-order valence-corrected chi connectivity index (χ1v) is 10.3. The van der Waals surface area contributed by atoms with E-state index in [2.05, 4.69) is 10.4 Å². The Hall–Kier alpha value is -2.38. The Labute approximate surface area is 175 Å². The van der Waals surface area contributed by atoms with Crippen molar-refractivity contribution in [3.63, 3.8) is 0 Å². The third-order valence-electron chi connectivity index (χ3n) is 6.19. The average molecular weight is 416 g/mol. The van der Waals surface area contributed by atoms with Crippen LogP contribution in [0.15, 0.2) is 36.7 Å². The fourth-order valence-corrected chi connectivity index (χ4v) is 4.64. The largest absolute Gasteiger partial charge is 0.344 e. The van der Waals surface area contributed by atoms with E-state index in [1.165, 1.54) is 16.5 Å². The maximum Gasteiger partial charge on any atom is 0.344 e. The highest BCUT2D eigenvalue weighted by molar-refractivity contribution is 6.31. The minimum Gasteiger partial charge on any atom is -0.322 e. The van der Waals surface area contributed by atoms with E-state index in [1.807, 2.05) is 29.2 Å². The monoisotopic (exact) mass is 415 g/mol. The van der Waals surface area contributed by atoms with Gasteiger partial charge in [0.1, 0.15) is 0 Å². The van der Waals surface area contributed by atoms with Crippen molar-refractivity contribution >= 4 is 29.2 Å². The fraction of sp³-hybridized carbons (Fsp3) is 0.476. The van der Waals surface area contributed by atoms with Crippen LogP contribution in [0.25, 0.3) is 0 Å². The van der Waals surface area contributed by atoms with E-state index < -0.39 is 0 Å². The van der Waals surface area contributed by atoms with Gasteiger partial charge in [-0.15, -0.1) is 0 Å². The van der Waals surface area contributed by atoms with Crippen LogP contribution in [0, 0.1) is 11.8 Å². The lowest BCUT2D eigenvalue weighted by atomic mass is 10.0. The number of carbonyl (C=O) groups is 2. The molecule has 3 atom stereocenters. The zero-order valence-corrected chi connectivity index (χ0v) is 17.5. The average Bonchev–Trinajstić information content (AvgIpc) is 3.41. The van der Waals surface area contributed by atoms with E-state index in [0.29, 0.717) is 23.6 Å². The first kappa shape index (κ1) is 19.9. The number of likely N-dealkylation sites (tertiary alicyclic amines) is 1. The number of hydrogen-bond acceptors (Lipinski definition) is 4. The van der Waals surface area contributed by atoms with Crippen LogP contribution >= 0.6 is 11.6 Å². The van der Waals surface area contributed by atoms with Crippen molar-refractivity contribution in [3.8, 4) is 0 Å². The molecule has 0 bridgehead atoms. The summed E-state index contributed by atoms with van der Waals surface area (Å²) in [6.07, 6.45) is 5.29. The van der Waals surface area contributed by atoms with Crippen LogP contribution in [0.1, 0.15) is 25.3 Å². The van der Waals surface area contributed by atoms with Gasteiger partial charge in [-0.3, -0.25) is 4.79 Å². The molecule has 1 aliphatic heterocycles. The molecule has 2 aromatic rings. The predicted octanol–water partition coefficient (Wildman–Crippen LogP) is 2.99. The van der Waals surface area contributed by atoms with E-state index in [1.54, 1.807) is 19.4 Å². The van der Waals surface area contributed by atoms with Crippen LogP contribution in [0.5, 0.6) is 0 Å². The zero-order valence-electron chi connectivity index (χ0n) is 16.7. The molecule has 1 aliphatic carbocycles. The summed E-state index contributed by atoms with van der Waals surface area (Å²) < 4.78 is 1.34. The highest BCUT2D eigenvalue weighted by atomic mass is 35.5. The first-order chi connectivity index (χ1) is 13.9. The lowest BCUT2D eigenvalue weighted by molar-refractivity contribution is -0.116. The van der Waals surface area contributed by atoms with Crippen molar-refractivity contribution < 1.29 is 9.59 Å². The molecule has 154 valence electrons. The summed E-state index contributed by atoms with van der Waals surface area (Å²) in [5.41, 5.74) is 1.74. The number of fused-ring (bicyclic) bond motifs is 1. The Kier molecular flexibility index (Phi) is 5.61. The highest BCUT2D eigenvalue weighted by Crippen LogP contribution is 2.38. The summed E-state index contributed by atoms with van der Waals surface area (Å²) in [6, 6.07) is 8.25. The van der Waals surface area contributed by atoms with Gasteiger partial charge in [-0.1, -0.05) is 29.8 Å². The molecule has 4 rings (SSSR count). The van der Waals surface area contributed by atoms with Crippen molar-refractivity contribution in [2.75, 3.05) is 25.0 Å². The highest BCUT2D eigenvalue weighted by Gasteiger charge is 2.42. The fourth-order valence-electron chi connectivity index (χ4n) is 4.44. The van der Waals surface area contributed by atoms with Gasteiger partial charge >= 0.3 is 6.03 Å². The number of rotatable bonds is 4. The maximum absolute atomic E-state index is 12.8. The van der Waals surface area contributed by atoms with Crippen LogP contribution < -0.4 is 10.2 Å². The van der Waals surface area contributed by atoms with Gasteiger partial charge in [0.25, 0.3) is 0 Å². The minimum absolute atomic E-state index is 0.0944. The maximum atomic E-state index is 12.8. The molecule has 7 nitrogen and oxygen atoms in total. The van der Waals surface area contributed by atoms with Crippen molar-refractivity contribution in [1.82, 2.24) is 20.0 Å². The summed E-state index contributed by atoms with van der Waals surface area (Å²) in [7, 11) is 1.67. The van der Waals surface area contributed by atoms with E-state index in [9.17, 15) is 9.59 Å². The van der Waals surface area contributed by atoms with Gasteiger partial charge in [-0.05, 0) is 36.3 Å². The molecule has 0 radical (unpaired) electrons. The van der Waals surface area contributed by atoms with E-state index >= 15 is 0 Å². The van der Waals surface area contributed by atoms with Gasteiger partial charge < -0.3 is 15.1 Å². The number of nitrogens with one attached hydrogen (secondary N) is 1. The van der Waals surface area contributed by atoms with Gasteiger partial charge in [0.2, 0.25) is 5.91 Å². The van der Waals surface area contributed by atoms with Gasteiger partial charge in [0, 0.05) is 44.7 Å². The van der Waals surface area contributed by atoms with Gasteiger partial charge in [-0.25, -0.2) is 4.79 Å². The van der Waals surface area contributed by atoms with Crippen molar-refractivity contribution in [2.45, 2.75) is 32.4 Å². The van der Waals surface area contributed by atoms with E-state index in [4.69, 9.17) is 11.6 Å². The molecule has 1 aromatic heterocycles. The summed E-state index contributed by atoms with van der Waals surface area (Å²) in [4.78, 5) is 27.6. The van der Waals surface area contributed by atoms with Gasteiger partial charge in [0.15, 0.2) is 0 Å². The number of carbonyl (C=O) groups excluding carboxylic acids is 2. The quantitative estimate of drug-likeness (QED) is 0.833. The summed E-state index contributed by atoms with van der Waals surface area (Å²) in [5, 5.41) is 8.57. The second-order valence-corrected chi connectivity index (χ2v) is 8.48. The summed E-state index contributed by atoms with van der Waals surface area (Å²) in [6.45, 7) is 3.76. The van der Waals surface area contributed by atoms with Crippen LogP contribution in [-0.2, 0) is 11.3 Å². The number of hydrogen-bond donors (Lipinski definition) is 1. The molecule has 1 N–H and O–H groups in total. The molecule has 1 saturated carbocycles. The molecular formula is C21H26ClN5O2. The molecule has 8 heteroatoms. The number of aromatic nitrogens is 2. The Balaban J connectivity index is 1.30. The molecule has 0 spiro atoms. The van der Waals surface area contributed by atoms with Crippen molar-refractivity contribution in [2.24, 2.45) is 11.8 Å². The minimum atomic E-state index is -0.122.